The van der Waals surface area contributed by atoms with Crippen molar-refractivity contribution in [3.63, 3.8) is 0 Å². The molecule has 0 aliphatic carbocycles. The van der Waals surface area contributed by atoms with Crippen LogP contribution in [0, 0.1) is 20.8 Å². The molecule has 1 amide bonds. The van der Waals surface area contributed by atoms with Crippen molar-refractivity contribution in [1.29, 1.82) is 0 Å². The maximum Gasteiger partial charge on any atom is 0.348 e. The van der Waals surface area contributed by atoms with Crippen LogP contribution in [0.3, 0.4) is 0 Å². The number of thiophene rings is 1. The van der Waals surface area contributed by atoms with Crippen LogP contribution >= 0.6 is 23.1 Å². The molecule has 0 saturated heterocycles. The zero-order chi connectivity index (χ0) is 28.0. The molecule has 12 heteroatoms. The van der Waals surface area contributed by atoms with E-state index in [2.05, 4.69) is 22.1 Å². The molecule has 0 radical (unpaired) electrons. The van der Waals surface area contributed by atoms with Crippen LogP contribution in [-0.4, -0.2) is 52.6 Å². The topological polar surface area (TPSA) is 122 Å². The lowest BCUT2D eigenvalue weighted by molar-refractivity contribution is -0.113. The highest BCUT2D eigenvalue weighted by atomic mass is 32.2. The van der Waals surface area contributed by atoms with Crippen molar-refractivity contribution < 1.29 is 28.6 Å². The summed E-state index contributed by atoms with van der Waals surface area (Å²) in [6.07, 6.45) is 1.31. The van der Waals surface area contributed by atoms with Gasteiger partial charge in [0, 0.05) is 6.54 Å². The Hall–Kier alpha value is -3.64. The number of benzene rings is 1. The number of methoxy groups -OCH3 is 2. The number of nitrogens with zero attached hydrogens (tertiary/aromatic N) is 3. The molecule has 0 aliphatic heterocycles. The van der Waals surface area contributed by atoms with Gasteiger partial charge in [0.2, 0.25) is 5.91 Å². The van der Waals surface area contributed by atoms with Gasteiger partial charge in [-0.05, 0) is 44.9 Å². The minimum absolute atomic E-state index is 0.0211. The third-order valence-electron chi connectivity index (χ3n) is 5.55. The minimum Gasteiger partial charge on any atom is -0.482 e. The molecule has 2 aromatic heterocycles. The number of amides is 1. The van der Waals surface area contributed by atoms with Gasteiger partial charge in [-0.2, -0.15) is 0 Å². The van der Waals surface area contributed by atoms with Gasteiger partial charge >= 0.3 is 11.9 Å². The molecule has 0 bridgehead atoms. The summed E-state index contributed by atoms with van der Waals surface area (Å²) < 4.78 is 17.6. The SMILES string of the molecule is C=CCn1c(SCC(=O)Nc2sc(C(=O)OC)c(C)c2C(=O)OC)nnc1C(C)Oc1ccc(C)cc1C. The highest BCUT2D eigenvalue weighted by Gasteiger charge is 2.27. The molecule has 1 unspecified atom stereocenters. The molecular weight excluding hydrogens is 528 g/mol. The fourth-order valence-electron chi connectivity index (χ4n) is 3.71. The fourth-order valence-corrected chi connectivity index (χ4v) is 5.60. The summed E-state index contributed by atoms with van der Waals surface area (Å²) in [5.74, 6) is -0.333. The molecule has 2 heterocycles. The first-order valence-corrected chi connectivity index (χ1v) is 13.4. The van der Waals surface area contributed by atoms with E-state index in [1.54, 1.807) is 13.0 Å². The molecule has 1 atom stereocenters. The van der Waals surface area contributed by atoms with E-state index in [4.69, 9.17) is 14.2 Å². The molecular formula is C26H30N4O6S2. The van der Waals surface area contributed by atoms with Crippen LogP contribution in [0.1, 0.15) is 55.6 Å². The predicted molar refractivity (Wildman–Crippen MR) is 146 cm³/mol. The van der Waals surface area contributed by atoms with Gasteiger partial charge in [0.25, 0.3) is 0 Å². The van der Waals surface area contributed by atoms with Crippen molar-refractivity contribution in [1.82, 2.24) is 14.8 Å². The first-order chi connectivity index (χ1) is 18.1. The number of aryl methyl sites for hydroxylation is 2. The summed E-state index contributed by atoms with van der Waals surface area (Å²) in [4.78, 5) is 37.5. The van der Waals surface area contributed by atoms with Crippen molar-refractivity contribution in [2.45, 2.75) is 45.5 Å². The molecule has 1 aromatic carbocycles. The standard InChI is InChI=1S/C26H30N4O6S2/c1-8-11-30-22(17(5)36-18-10-9-14(2)12-15(18)3)28-29-26(30)37-13-19(31)27-23-20(24(32)34-6)16(4)21(38-23)25(33)35-7/h8-10,12,17H,1,11,13H2,2-7H3,(H,27,31). The number of rotatable bonds is 11. The van der Waals surface area contributed by atoms with E-state index in [1.165, 1.54) is 26.0 Å². The van der Waals surface area contributed by atoms with Crippen molar-refractivity contribution in [2.75, 3.05) is 25.3 Å². The quantitative estimate of drug-likeness (QED) is 0.199. The van der Waals surface area contributed by atoms with E-state index < -0.39 is 23.9 Å². The van der Waals surface area contributed by atoms with Gasteiger partial charge in [0.15, 0.2) is 17.1 Å². The molecule has 38 heavy (non-hydrogen) atoms. The Morgan fingerprint density at radius 1 is 1.16 bits per heavy atom. The fraction of sp³-hybridized carbons (Fsp3) is 0.346. The highest BCUT2D eigenvalue weighted by molar-refractivity contribution is 7.99. The average molecular weight is 559 g/mol. The Labute approximate surface area is 229 Å². The Bertz CT molecular complexity index is 1360. The number of carbonyl (C=O) groups excluding carboxylic acids is 3. The number of hydrogen-bond donors (Lipinski definition) is 1. The second-order valence-electron chi connectivity index (χ2n) is 8.35. The normalized spacial score (nSPS) is 11.5. The Morgan fingerprint density at radius 3 is 2.50 bits per heavy atom. The molecule has 10 nitrogen and oxygen atoms in total. The predicted octanol–water partition coefficient (Wildman–Crippen LogP) is 4.89. The van der Waals surface area contributed by atoms with Gasteiger partial charge in [-0.15, -0.1) is 28.1 Å². The number of anilines is 1. The lowest BCUT2D eigenvalue weighted by atomic mass is 10.1. The van der Waals surface area contributed by atoms with Crippen LogP contribution in [0.25, 0.3) is 0 Å². The summed E-state index contributed by atoms with van der Waals surface area (Å²) in [6.45, 7) is 11.7. The van der Waals surface area contributed by atoms with Crippen LogP contribution in [0.15, 0.2) is 36.0 Å². The monoisotopic (exact) mass is 558 g/mol. The molecule has 3 rings (SSSR count). The average Bonchev–Trinajstić information content (AvgIpc) is 3.44. The maximum atomic E-state index is 12.8. The van der Waals surface area contributed by atoms with E-state index in [-0.39, 0.29) is 21.2 Å². The minimum atomic E-state index is -0.662. The smallest absolute Gasteiger partial charge is 0.348 e. The van der Waals surface area contributed by atoms with Crippen LogP contribution in [0.4, 0.5) is 5.00 Å². The second-order valence-corrected chi connectivity index (χ2v) is 10.3. The van der Waals surface area contributed by atoms with E-state index in [9.17, 15) is 14.4 Å². The summed E-state index contributed by atoms with van der Waals surface area (Å²) in [5, 5.41) is 12.0. The van der Waals surface area contributed by atoms with E-state index in [0.717, 1.165) is 28.2 Å². The van der Waals surface area contributed by atoms with Crippen molar-refractivity contribution in [3.05, 3.63) is 63.8 Å². The van der Waals surface area contributed by atoms with Gasteiger partial charge in [-0.1, -0.05) is 35.5 Å². The van der Waals surface area contributed by atoms with Crippen LogP contribution in [0.5, 0.6) is 5.75 Å². The number of carbonyl (C=O) groups is 3. The van der Waals surface area contributed by atoms with Crippen molar-refractivity contribution >= 4 is 45.9 Å². The number of aromatic nitrogens is 3. The second kappa shape index (κ2) is 12.7. The van der Waals surface area contributed by atoms with Crippen LogP contribution in [-0.2, 0) is 20.8 Å². The lowest BCUT2D eigenvalue weighted by Gasteiger charge is -2.17. The maximum absolute atomic E-state index is 12.8. The Morgan fingerprint density at radius 2 is 1.87 bits per heavy atom. The Balaban J connectivity index is 1.76. The molecule has 0 fully saturated rings. The van der Waals surface area contributed by atoms with E-state index >= 15 is 0 Å². The van der Waals surface area contributed by atoms with E-state index in [0.29, 0.717) is 23.1 Å². The zero-order valence-electron chi connectivity index (χ0n) is 22.1. The van der Waals surface area contributed by atoms with Gasteiger partial charge in [-0.25, -0.2) is 9.59 Å². The van der Waals surface area contributed by atoms with Gasteiger partial charge in [-0.3, -0.25) is 9.36 Å². The molecule has 0 spiro atoms. The molecule has 0 aliphatic rings. The molecule has 3 aromatic rings. The first-order valence-electron chi connectivity index (χ1n) is 11.6. The van der Waals surface area contributed by atoms with Gasteiger partial charge < -0.3 is 19.5 Å². The van der Waals surface area contributed by atoms with Gasteiger partial charge in [0.1, 0.15) is 15.6 Å². The summed E-state index contributed by atoms with van der Waals surface area (Å²) >= 11 is 2.13. The number of esters is 2. The Kier molecular flexibility index (Phi) is 9.70. The highest BCUT2D eigenvalue weighted by Crippen LogP contribution is 2.34. The number of nitrogens with one attached hydrogen (secondary N) is 1. The number of hydrogen-bond acceptors (Lipinski definition) is 10. The van der Waals surface area contributed by atoms with Crippen LogP contribution < -0.4 is 10.1 Å². The lowest BCUT2D eigenvalue weighted by Crippen LogP contribution is -2.17. The summed E-state index contributed by atoms with van der Waals surface area (Å²) in [7, 11) is 2.48. The molecule has 1 N–H and O–H groups in total. The largest absolute Gasteiger partial charge is 0.482 e. The summed E-state index contributed by atoms with van der Waals surface area (Å²) in [5.41, 5.74) is 2.66. The van der Waals surface area contributed by atoms with E-state index in [1.807, 2.05) is 43.5 Å². The third-order valence-corrected chi connectivity index (χ3v) is 7.70. The number of ether oxygens (including phenoxy) is 3. The van der Waals surface area contributed by atoms with Crippen molar-refractivity contribution in [3.8, 4) is 5.75 Å². The van der Waals surface area contributed by atoms with Crippen LogP contribution in [0.2, 0.25) is 0 Å². The molecule has 202 valence electrons. The van der Waals surface area contributed by atoms with Gasteiger partial charge in [0.05, 0.1) is 25.5 Å². The number of thioether (sulfide) groups is 1. The number of allylic oxidation sites excluding steroid dienone is 1. The summed E-state index contributed by atoms with van der Waals surface area (Å²) in [6, 6.07) is 5.96. The third kappa shape index (κ3) is 6.43. The molecule has 0 saturated carbocycles. The van der Waals surface area contributed by atoms with Crippen molar-refractivity contribution in [2.24, 2.45) is 0 Å². The first kappa shape index (κ1) is 28.9. The zero-order valence-corrected chi connectivity index (χ0v) is 23.7.